The minimum atomic E-state index is -0.701. The van der Waals surface area contributed by atoms with Crippen molar-refractivity contribution in [2.75, 3.05) is 7.11 Å². The molecule has 3 rings (SSSR count). The van der Waals surface area contributed by atoms with Gasteiger partial charge in [0.05, 0.1) is 27.1 Å². The Kier molecular flexibility index (Phi) is 7.80. The molecule has 0 bridgehead atoms. The molecule has 216 valence electrons. The van der Waals surface area contributed by atoms with Crippen LogP contribution in [0.4, 0.5) is 0 Å². The number of Topliss-reactive ketones (excluding diaryl/α,β-unsaturated/α-hetero) is 2. The molecule has 1 aliphatic heterocycles. The van der Waals surface area contributed by atoms with Crippen molar-refractivity contribution in [3.8, 4) is 0 Å². The van der Waals surface area contributed by atoms with Gasteiger partial charge in [-0.15, -0.1) is 23.5 Å². The van der Waals surface area contributed by atoms with E-state index in [0.29, 0.717) is 0 Å². The molecule has 39 heavy (non-hydrogen) atoms. The van der Waals surface area contributed by atoms with Gasteiger partial charge in [-0.2, -0.15) is 0 Å². The van der Waals surface area contributed by atoms with Crippen LogP contribution in [0.15, 0.2) is 46.6 Å². The SMILES string of the molecule is COC(=O)CC1(C)SC2(C=C(C(C)(C)C)C(=O)C(C(C)(C)C)=C2)C2(C=C(C(C)(C)C)C(=O)C(C(C)(C)C)=C2)S1. The third kappa shape index (κ3) is 5.80. The van der Waals surface area contributed by atoms with Crippen LogP contribution in [-0.4, -0.2) is 38.2 Å². The summed E-state index contributed by atoms with van der Waals surface area (Å²) in [6, 6.07) is 0. The fraction of sp³-hybridized carbons (Fsp3) is 0.667. The quantitative estimate of drug-likeness (QED) is 0.310. The highest BCUT2D eigenvalue weighted by Gasteiger charge is 2.64. The van der Waals surface area contributed by atoms with Crippen molar-refractivity contribution < 1.29 is 19.1 Å². The topological polar surface area (TPSA) is 60.4 Å². The summed E-state index contributed by atoms with van der Waals surface area (Å²) >= 11 is 3.42. The first-order valence-electron chi connectivity index (χ1n) is 13.8. The van der Waals surface area contributed by atoms with Gasteiger partial charge in [-0.3, -0.25) is 14.4 Å². The zero-order chi connectivity index (χ0) is 30.2. The molecule has 0 saturated carbocycles. The molecule has 2 spiro atoms. The lowest BCUT2D eigenvalue weighted by Crippen LogP contribution is -2.48. The lowest BCUT2D eigenvalue weighted by Gasteiger charge is -2.46. The van der Waals surface area contributed by atoms with Crippen LogP contribution in [0.25, 0.3) is 0 Å². The van der Waals surface area contributed by atoms with E-state index in [1.807, 2.05) is 0 Å². The van der Waals surface area contributed by atoms with Crippen LogP contribution < -0.4 is 0 Å². The molecule has 4 nitrogen and oxygen atoms in total. The van der Waals surface area contributed by atoms with E-state index in [2.05, 4.69) is 114 Å². The molecule has 2 aliphatic carbocycles. The van der Waals surface area contributed by atoms with Crippen LogP contribution >= 0.6 is 23.5 Å². The van der Waals surface area contributed by atoms with Crippen LogP contribution in [0.1, 0.15) is 96.4 Å². The van der Waals surface area contributed by atoms with Gasteiger partial charge in [0.15, 0.2) is 11.6 Å². The smallest absolute Gasteiger partial charge is 0.307 e. The number of carbonyl (C=O) groups is 3. The zero-order valence-corrected chi connectivity index (χ0v) is 28.1. The Morgan fingerprint density at radius 1 is 0.641 bits per heavy atom. The highest BCUT2D eigenvalue weighted by Crippen LogP contribution is 2.71. The number of fused-ring (bicyclic) bond motifs is 1. The molecule has 1 fully saturated rings. The van der Waals surface area contributed by atoms with Crippen LogP contribution in [0, 0.1) is 21.7 Å². The van der Waals surface area contributed by atoms with Crippen LogP contribution in [0.2, 0.25) is 0 Å². The molecular formula is C33H48O4S2. The maximum atomic E-state index is 14.0. The second-order valence-electron chi connectivity index (χ2n) is 15.6. The first kappa shape index (κ1) is 32.0. The minimum absolute atomic E-state index is 0.0786. The Hall–Kier alpha value is -1.53. The van der Waals surface area contributed by atoms with Crippen LogP contribution in [-0.2, 0) is 19.1 Å². The molecule has 6 heteroatoms. The van der Waals surface area contributed by atoms with Gasteiger partial charge in [-0.1, -0.05) is 107 Å². The molecule has 1 heterocycles. The van der Waals surface area contributed by atoms with Gasteiger partial charge in [0.25, 0.3) is 0 Å². The molecule has 0 aromatic carbocycles. The molecule has 1 saturated heterocycles. The molecule has 0 unspecified atom stereocenters. The third-order valence-electron chi connectivity index (χ3n) is 7.72. The summed E-state index contributed by atoms with van der Waals surface area (Å²) in [7, 11) is 1.42. The van der Waals surface area contributed by atoms with Crippen molar-refractivity contribution in [2.24, 2.45) is 21.7 Å². The number of rotatable bonds is 2. The Balaban J connectivity index is 2.54. The lowest BCUT2D eigenvalue weighted by molar-refractivity contribution is -0.140. The number of allylic oxidation sites excluding steroid dienone is 4. The van der Waals surface area contributed by atoms with E-state index in [4.69, 9.17) is 4.74 Å². The van der Waals surface area contributed by atoms with Gasteiger partial charge < -0.3 is 4.74 Å². The van der Waals surface area contributed by atoms with E-state index in [1.165, 1.54) is 7.11 Å². The Bertz CT molecular complexity index is 1060. The predicted octanol–water partition coefficient (Wildman–Crippen LogP) is 8.28. The largest absolute Gasteiger partial charge is 0.469 e. The normalized spacial score (nSPS) is 22.9. The number of thioether (sulfide) groups is 2. The summed E-state index contributed by atoms with van der Waals surface area (Å²) in [5, 5.41) is 0. The van der Waals surface area contributed by atoms with E-state index in [0.717, 1.165) is 22.3 Å². The van der Waals surface area contributed by atoms with Gasteiger partial charge >= 0.3 is 5.97 Å². The monoisotopic (exact) mass is 572 g/mol. The Morgan fingerprint density at radius 2 is 0.897 bits per heavy atom. The van der Waals surface area contributed by atoms with Crippen molar-refractivity contribution in [3.63, 3.8) is 0 Å². The van der Waals surface area contributed by atoms with Gasteiger partial charge in [-0.05, 0) is 28.6 Å². The molecule has 3 aliphatic rings. The Morgan fingerprint density at radius 3 is 1.10 bits per heavy atom. The highest BCUT2D eigenvalue weighted by atomic mass is 32.2. The van der Waals surface area contributed by atoms with Crippen LogP contribution in [0.3, 0.4) is 0 Å². The van der Waals surface area contributed by atoms with Crippen molar-refractivity contribution in [1.82, 2.24) is 0 Å². The fourth-order valence-electron chi connectivity index (χ4n) is 5.59. The number of esters is 1. The molecule has 0 aromatic rings. The molecule has 0 N–H and O–H groups in total. The van der Waals surface area contributed by atoms with Gasteiger partial charge in [0.2, 0.25) is 0 Å². The van der Waals surface area contributed by atoms with E-state index < -0.39 is 13.6 Å². The molecule has 0 amide bonds. The maximum absolute atomic E-state index is 14.0. The molecule has 0 aromatic heterocycles. The number of ether oxygens (including phenoxy) is 1. The second kappa shape index (κ2) is 9.51. The fourth-order valence-corrected chi connectivity index (χ4v) is 9.91. The molecule has 0 atom stereocenters. The zero-order valence-electron chi connectivity index (χ0n) is 26.5. The number of methoxy groups -OCH3 is 1. The van der Waals surface area contributed by atoms with Crippen molar-refractivity contribution in [1.29, 1.82) is 0 Å². The number of hydrogen-bond donors (Lipinski definition) is 0. The van der Waals surface area contributed by atoms with Crippen molar-refractivity contribution in [2.45, 2.75) is 110 Å². The lowest BCUT2D eigenvalue weighted by atomic mass is 9.65. The second-order valence-corrected chi connectivity index (χ2v) is 19.4. The first-order chi connectivity index (χ1) is 17.3. The number of ketones is 2. The van der Waals surface area contributed by atoms with E-state index in [-0.39, 0.29) is 45.6 Å². The predicted molar refractivity (Wildman–Crippen MR) is 166 cm³/mol. The van der Waals surface area contributed by atoms with E-state index >= 15 is 0 Å². The van der Waals surface area contributed by atoms with E-state index in [1.54, 1.807) is 23.5 Å². The molecular weight excluding hydrogens is 524 g/mol. The average Bonchev–Trinajstić information content (AvgIpc) is 2.94. The summed E-state index contributed by atoms with van der Waals surface area (Å²) < 4.78 is 3.16. The summed E-state index contributed by atoms with van der Waals surface area (Å²) in [5.41, 5.74) is 1.55. The molecule has 0 radical (unpaired) electrons. The third-order valence-corrected chi connectivity index (χ3v) is 11.3. The van der Waals surface area contributed by atoms with Gasteiger partial charge in [0, 0.05) is 22.3 Å². The number of hydrogen-bond acceptors (Lipinski definition) is 6. The summed E-state index contributed by atoms with van der Waals surface area (Å²) in [6.45, 7) is 27.1. The first-order valence-corrected chi connectivity index (χ1v) is 15.4. The van der Waals surface area contributed by atoms with Crippen molar-refractivity contribution in [3.05, 3.63) is 46.6 Å². The highest BCUT2D eigenvalue weighted by molar-refractivity contribution is 8.23. The average molecular weight is 573 g/mol. The number of carbonyl (C=O) groups excluding carboxylic acids is 3. The maximum Gasteiger partial charge on any atom is 0.307 e. The summed E-state index contributed by atoms with van der Waals surface area (Å²) in [6.07, 6.45) is 8.85. The summed E-state index contributed by atoms with van der Waals surface area (Å²) in [5.74, 6) is -0.117. The van der Waals surface area contributed by atoms with E-state index in [9.17, 15) is 14.4 Å². The van der Waals surface area contributed by atoms with Gasteiger partial charge in [0.1, 0.15) is 0 Å². The van der Waals surface area contributed by atoms with Gasteiger partial charge in [-0.25, -0.2) is 0 Å². The van der Waals surface area contributed by atoms with Crippen LogP contribution in [0.5, 0.6) is 0 Å². The standard InChI is InChI=1S/C33H48O4S2/c1-27(2,3)20-15-32(16-21(25(20)35)28(4,5)6)33(39-31(13,38-32)19-24(34)37-14)17-22(29(7,8)9)26(36)23(18-33)30(10,11)12/h15-18H,19H2,1-14H3. The Labute approximate surface area is 244 Å². The van der Waals surface area contributed by atoms with Crippen molar-refractivity contribution >= 4 is 41.1 Å². The minimum Gasteiger partial charge on any atom is -0.469 e. The summed E-state index contributed by atoms with van der Waals surface area (Å²) in [4.78, 5) is 40.7.